The molecule has 2 heterocycles. The van der Waals surface area contributed by atoms with Gasteiger partial charge in [0, 0.05) is 42.8 Å². The fourth-order valence-electron chi connectivity index (χ4n) is 4.69. The van der Waals surface area contributed by atoms with E-state index in [1.54, 1.807) is 24.3 Å². The molecule has 0 aliphatic carbocycles. The second-order valence-electron chi connectivity index (χ2n) is 9.88. The summed E-state index contributed by atoms with van der Waals surface area (Å²) in [4.78, 5) is 24.2. The summed E-state index contributed by atoms with van der Waals surface area (Å²) in [6.07, 6.45) is -0.896. The Labute approximate surface area is 242 Å². The van der Waals surface area contributed by atoms with Gasteiger partial charge in [-0.05, 0) is 63.3 Å². The Morgan fingerprint density at radius 2 is 1.76 bits per heavy atom. The number of rotatable bonds is 10. The van der Waals surface area contributed by atoms with Crippen molar-refractivity contribution in [2.45, 2.75) is 25.1 Å². The van der Waals surface area contributed by atoms with Crippen molar-refractivity contribution in [2.75, 3.05) is 62.3 Å². The Morgan fingerprint density at radius 1 is 1.05 bits per heavy atom. The molecule has 13 heteroatoms. The van der Waals surface area contributed by atoms with Gasteiger partial charge >= 0.3 is 6.18 Å². The average Bonchev–Trinajstić information content (AvgIpc) is 2.97. The van der Waals surface area contributed by atoms with E-state index in [1.807, 2.05) is 6.07 Å². The molecule has 1 aromatic heterocycles. The number of nitrogens with one attached hydrogen (secondary N) is 3. The lowest BCUT2D eigenvalue weighted by Crippen LogP contribution is -2.41. The molecule has 3 aromatic rings. The molecule has 0 radical (unpaired) electrons. The van der Waals surface area contributed by atoms with Gasteiger partial charge in [-0.3, -0.25) is 4.79 Å². The van der Waals surface area contributed by atoms with Crippen molar-refractivity contribution in [1.82, 2.24) is 14.9 Å². The summed E-state index contributed by atoms with van der Waals surface area (Å²) in [5, 5.41) is 8.29. The molecule has 1 amide bonds. The first-order valence-electron chi connectivity index (χ1n) is 13.2. The minimum absolute atomic E-state index is 0.129. The van der Waals surface area contributed by atoms with Gasteiger partial charge in [-0.2, -0.15) is 18.2 Å². The van der Waals surface area contributed by atoms with E-state index < -0.39 is 23.5 Å². The number of hydrogen-bond donors (Lipinski definition) is 3. The molecule has 42 heavy (non-hydrogen) atoms. The van der Waals surface area contributed by atoms with E-state index in [2.05, 4.69) is 56.4 Å². The first-order chi connectivity index (χ1) is 20.0. The summed E-state index contributed by atoms with van der Waals surface area (Å²) >= 11 is 0. The summed E-state index contributed by atoms with van der Waals surface area (Å²) in [6.45, 7) is 5.14. The first-order valence-corrected chi connectivity index (χ1v) is 13.2. The van der Waals surface area contributed by atoms with Crippen molar-refractivity contribution in [2.24, 2.45) is 0 Å². The zero-order valence-electron chi connectivity index (χ0n) is 23.9. The van der Waals surface area contributed by atoms with E-state index in [0.717, 1.165) is 37.7 Å². The number of amides is 1. The van der Waals surface area contributed by atoms with Gasteiger partial charge in [0.25, 0.3) is 0 Å². The van der Waals surface area contributed by atoms with Crippen LogP contribution in [0, 0.1) is 0 Å². The zero-order valence-corrected chi connectivity index (χ0v) is 23.9. The van der Waals surface area contributed by atoms with Crippen LogP contribution in [0.25, 0.3) is 0 Å². The Balaban J connectivity index is 1.62. The third kappa shape index (κ3) is 7.21. The quantitative estimate of drug-likeness (QED) is 0.260. The maximum absolute atomic E-state index is 14.0. The average molecular weight is 586 g/mol. The summed E-state index contributed by atoms with van der Waals surface area (Å²) in [5.41, 5.74) is 0.913. The molecule has 1 aliphatic rings. The third-order valence-corrected chi connectivity index (χ3v) is 6.99. The number of nitrogens with zero attached hydrogens (tertiary/aromatic N) is 4. The Morgan fingerprint density at radius 3 is 2.38 bits per heavy atom. The topological polar surface area (TPSA) is 104 Å². The van der Waals surface area contributed by atoms with Crippen LogP contribution in [0.15, 0.2) is 55.3 Å². The molecule has 0 unspecified atom stereocenters. The third-order valence-electron chi connectivity index (χ3n) is 6.99. The van der Waals surface area contributed by atoms with Crippen molar-refractivity contribution < 1.29 is 27.4 Å². The zero-order chi connectivity index (χ0) is 30.4. The standard InChI is InChI=1S/C29H34F3N7O3/c1-6-26(40)34-18-7-10-24(41-4)23(15-18)36-28-33-17-21(29(30,31)32)27(37-28)35-22-9-8-20(16-25(22)42-5)39-13-11-19(12-14-39)38(2)3/h6-10,15-17,19H,1,11-14H2,2-5H3,(H,34,40)(H2,33,35,36,37). The van der Waals surface area contributed by atoms with Crippen LogP contribution in [0.3, 0.4) is 0 Å². The van der Waals surface area contributed by atoms with Crippen LogP contribution >= 0.6 is 0 Å². The molecular weight excluding hydrogens is 551 g/mol. The SMILES string of the molecule is C=CC(=O)Nc1ccc(OC)c(Nc2ncc(C(F)(F)F)c(Nc3ccc(N4CCC(N(C)C)CC4)cc3OC)n2)c1. The van der Waals surface area contributed by atoms with Crippen LogP contribution in [0.2, 0.25) is 0 Å². The number of benzene rings is 2. The number of alkyl halides is 3. The molecule has 1 fully saturated rings. The summed E-state index contributed by atoms with van der Waals surface area (Å²) in [5.74, 6) is -0.294. The number of carbonyl (C=O) groups is 1. The lowest BCUT2D eigenvalue weighted by molar-refractivity contribution is -0.137. The van der Waals surface area contributed by atoms with Gasteiger partial charge in [0.2, 0.25) is 11.9 Å². The predicted octanol–water partition coefficient (Wildman–Crippen LogP) is 5.65. The van der Waals surface area contributed by atoms with Crippen molar-refractivity contribution in [3.05, 3.63) is 60.8 Å². The van der Waals surface area contributed by atoms with E-state index >= 15 is 0 Å². The monoisotopic (exact) mass is 585 g/mol. The lowest BCUT2D eigenvalue weighted by Gasteiger charge is -2.36. The van der Waals surface area contributed by atoms with Gasteiger partial charge in [-0.15, -0.1) is 0 Å². The summed E-state index contributed by atoms with van der Waals surface area (Å²) < 4.78 is 52.8. The van der Waals surface area contributed by atoms with E-state index in [4.69, 9.17) is 9.47 Å². The molecule has 0 spiro atoms. The highest BCUT2D eigenvalue weighted by Gasteiger charge is 2.36. The van der Waals surface area contributed by atoms with Crippen LogP contribution in [-0.4, -0.2) is 68.2 Å². The number of ether oxygens (including phenoxy) is 2. The molecular formula is C29H34F3N7O3. The number of carbonyl (C=O) groups excluding carboxylic acids is 1. The fraction of sp³-hybridized carbons (Fsp3) is 0.345. The minimum Gasteiger partial charge on any atom is -0.495 e. The lowest BCUT2D eigenvalue weighted by atomic mass is 10.0. The van der Waals surface area contributed by atoms with Crippen molar-refractivity contribution in [1.29, 1.82) is 0 Å². The van der Waals surface area contributed by atoms with Crippen molar-refractivity contribution in [3.63, 3.8) is 0 Å². The molecule has 0 bridgehead atoms. The van der Waals surface area contributed by atoms with E-state index in [0.29, 0.717) is 40.8 Å². The highest BCUT2D eigenvalue weighted by molar-refractivity contribution is 5.99. The Hall–Kier alpha value is -4.52. The molecule has 1 aliphatic heterocycles. The minimum atomic E-state index is -4.72. The van der Waals surface area contributed by atoms with Gasteiger partial charge in [0.15, 0.2) is 0 Å². The van der Waals surface area contributed by atoms with E-state index in [-0.39, 0.29) is 5.95 Å². The maximum atomic E-state index is 14.0. The molecule has 10 nitrogen and oxygen atoms in total. The number of halogens is 3. The van der Waals surface area contributed by atoms with Crippen molar-refractivity contribution >= 4 is 40.4 Å². The van der Waals surface area contributed by atoms with Crippen LogP contribution in [0.5, 0.6) is 11.5 Å². The highest BCUT2D eigenvalue weighted by Crippen LogP contribution is 2.39. The van der Waals surface area contributed by atoms with E-state index in [9.17, 15) is 18.0 Å². The van der Waals surface area contributed by atoms with E-state index in [1.165, 1.54) is 20.3 Å². The molecule has 4 rings (SSSR count). The first kappa shape index (κ1) is 30.4. The molecule has 3 N–H and O–H groups in total. The van der Waals surface area contributed by atoms with Crippen LogP contribution in [0.1, 0.15) is 18.4 Å². The predicted molar refractivity (Wildman–Crippen MR) is 157 cm³/mol. The molecule has 224 valence electrons. The maximum Gasteiger partial charge on any atom is 0.421 e. The van der Waals surface area contributed by atoms with Gasteiger partial charge < -0.3 is 35.2 Å². The molecule has 1 saturated heterocycles. The van der Waals surface area contributed by atoms with Crippen LogP contribution in [-0.2, 0) is 11.0 Å². The Kier molecular flexibility index (Phi) is 9.41. The van der Waals surface area contributed by atoms with Gasteiger partial charge in [-0.25, -0.2) is 4.98 Å². The van der Waals surface area contributed by atoms with Crippen LogP contribution < -0.4 is 30.3 Å². The number of aromatic nitrogens is 2. The highest BCUT2D eigenvalue weighted by atomic mass is 19.4. The number of anilines is 6. The van der Waals surface area contributed by atoms with Crippen molar-refractivity contribution in [3.8, 4) is 11.5 Å². The number of piperidine rings is 1. The Bertz CT molecular complexity index is 1420. The van der Waals surface area contributed by atoms with Gasteiger partial charge in [0.1, 0.15) is 22.9 Å². The molecule has 2 aromatic carbocycles. The smallest absolute Gasteiger partial charge is 0.421 e. The number of hydrogen-bond acceptors (Lipinski definition) is 9. The largest absolute Gasteiger partial charge is 0.495 e. The fourth-order valence-corrected chi connectivity index (χ4v) is 4.69. The van der Waals surface area contributed by atoms with Crippen LogP contribution in [0.4, 0.5) is 47.7 Å². The van der Waals surface area contributed by atoms with Gasteiger partial charge in [-0.1, -0.05) is 6.58 Å². The summed E-state index contributed by atoms with van der Waals surface area (Å²) in [6, 6.07) is 10.6. The normalized spacial score (nSPS) is 14.0. The summed E-state index contributed by atoms with van der Waals surface area (Å²) in [7, 11) is 7.04. The van der Waals surface area contributed by atoms with Gasteiger partial charge in [0.05, 0.1) is 25.6 Å². The molecule has 0 atom stereocenters. The second kappa shape index (κ2) is 13.0. The second-order valence-corrected chi connectivity index (χ2v) is 9.88. The number of methoxy groups -OCH3 is 2. The molecule has 0 saturated carbocycles.